The minimum atomic E-state index is -1.00. The van der Waals surface area contributed by atoms with Gasteiger partial charge in [0.1, 0.15) is 24.7 Å². The lowest BCUT2D eigenvalue weighted by Crippen LogP contribution is -2.53. The molecule has 0 amide bonds. The number of nitrogens with zero attached hydrogens (tertiary/aromatic N) is 2. The summed E-state index contributed by atoms with van der Waals surface area (Å²) >= 11 is 0. The van der Waals surface area contributed by atoms with E-state index in [9.17, 15) is 4.79 Å². The van der Waals surface area contributed by atoms with Crippen LogP contribution in [0.1, 0.15) is 43.3 Å². The average Bonchev–Trinajstić information content (AvgIpc) is 3.17. The molecule has 3 heterocycles. The van der Waals surface area contributed by atoms with Crippen molar-refractivity contribution in [3.63, 3.8) is 0 Å². The summed E-state index contributed by atoms with van der Waals surface area (Å²) in [7, 11) is 0. The number of aromatic nitrogens is 1. The van der Waals surface area contributed by atoms with Gasteiger partial charge in [-0.1, -0.05) is 18.2 Å². The highest BCUT2D eigenvalue weighted by atomic mass is 16.5. The first-order valence-electron chi connectivity index (χ1n) is 10.9. The number of rotatable bonds is 5. The van der Waals surface area contributed by atoms with Gasteiger partial charge in [-0.25, -0.2) is 0 Å². The van der Waals surface area contributed by atoms with E-state index in [0.717, 1.165) is 11.3 Å². The van der Waals surface area contributed by atoms with Crippen LogP contribution in [0.4, 0.5) is 0 Å². The van der Waals surface area contributed by atoms with Crippen molar-refractivity contribution in [1.29, 1.82) is 0 Å². The van der Waals surface area contributed by atoms with E-state index in [0.29, 0.717) is 6.61 Å². The molecule has 0 saturated heterocycles. The quantitative estimate of drug-likeness (QED) is 0.510. The minimum absolute atomic E-state index is 0.208. The second-order valence-electron chi connectivity index (χ2n) is 9.26. The van der Waals surface area contributed by atoms with Gasteiger partial charge in [0.05, 0.1) is 5.57 Å². The van der Waals surface area contributed by atoms with Crippen LogP contribution in [-0.4, -0.2) is 33.7 Å². The molecule has 162 valence electrons. The molecule has 0 aliphatic carbocycles. The van der Waals surface area contributed by atoms with Crippen LogP contribution < -0.4 is 4.74 Å². The Morgan fingerprint density at radius 1 is 1.10 bits per heavy atom. The van der Waals surface area contributed by atoms with Gasteiger partial charge in [0, 0.05) is 36.8 Å². The number of benzene rings is 1. The third-order valence-electron chi connectivity index (χ3n) is 6.45. The van der Waals surface area contributed by atoms with E-state index < -0.39 is 6.42 Å². The van der Waals surface area contributed by atoms with E-state index in [1.165, 1.54) is 46.4 Å². The zero-order chi connectivity index (χ0) is 22.5. The van der Waals surface area contributed by atoms with Crippen molar-refractivity contribution in [3.05, 3.63) is 70.2 Å². The third kappa shape index (κ3) is 3.44. The average molecular weight is 418 g/mol. The molecule has 0 atom stereocenters. The van der Waals surface area contributed by atoms with Gasteiger partial charge in [-0.05, 0) is 44.2 Å². The van der Waals surface area contributed by atoms with E-state index in [2.05, 4.69) is 62.4 Å². The van der Waals surface area contributed by atoms with Crippen LogP contribution in [0.5, 0.6) is 5.75 Å². The van der Waals surface area contributed by atoms with E-state index in [1.54, 1.807) is 0 Å². The molecule has 1 aromatic carbocycles. The Kier molecular flexibility index (Phi) is 5.20. The number of hydrogen-bond acceptors (Lipinski definition) is 3. The van der Waals surface area contributed by atoms with Crippen LogP contribution in [-0.2, 0) is 16.1 Å². The van der Waals surface area contributed by atoms with Crippen molar-refractivity contribution >= 4 is 23.7 Å². The summed E-state index contributed by atoms with van der Waals surface area (Å²) in [6.45, 7) is 15.5. The van der Waals surface area contributed by atoms with Gasteiger partial charge in [-0.3, -0.25) is 4.79 Å². The van der Waals surface area contributed by atoms with Gasteiger partial charge in [0.15, 0.2) is 5.70 Å². The molecular formula is C25H31BN2O3. The first-order valence-corrected chi connectivity index (χ1v) is 10.9. The number of fused-ring (bicyclic) bond motifs is 2. The molecule has 2 aliphatic heterocycles. The van der Waals surface area contributed by atoms with Crippen molar-refractivity contribution in [2.45, 2.75) is 54.9 Å². The molecular weight excluding hydrogens is 387 g/mol. The smallest absolute Gasteiger partial charge is 0.372 e. The van der Waals surface area contributed by atoms with E-state index in [-0.39, 0.29) is 12.6 Å². The maximum absolute atomic E-state index is 11.3. The van der Waals surface area contributed by atoms with Crippen LogP contribution >= 0.6 is 0 Å². The minimum Gasteiger partial charge on any atom is -0.488 e. The molecule has 0 radical (unpaired) electrons. The van der Waals surface area contributed by atoms with Crippen LogP contribution in [0.2, 0.25) is 13.6 Å². The second-order valence-corrected chi connectivity index (χ2v) is 9.26. The Morgan fingerprint density at radius 2 is 1.81 bits per heavy atom. The van der Waals surface area contributed by atoms with Crippen molar-refractivity contribution in [3.8, 4) is 5.75 Å². The standard InChI is InChI=1S/C25H31BN2O3/c1-16-12-18(3)27-24(16)22(25-17(2)13-19(4)28(25)26(27,6)7)15-31-23-11-9-8-10-21(23)14-30-20(5)29/h8-13H,14-15H2,1-7H3. The van der Waals surface area contributed by atoms with E-state index >= 15 is 0 Å². The molecule has 5 nitrogen and oxygen atoms in total. The van der Waals surface area contributed by atoms with Gasteiger partial charge in [-0.2, -0.15) is 0 Å². The molecule has 0 bridgehead atoms. The summed E-state index contributed by atoms with van der Waals surface area (Å²) in [5, 5.41) is 0. The summed E-state index contributed by atoms with van der Waals surface area (Å²) < 4.78 is 16.6. The molecule has 31 heavy (non-hydrogen) atoms. The third-order valence-corrected chi connectivity index (χ3v) is 6.45. The highest BCUT2D eigenvalue weighted by Gasteiger charge is 2.45. The maximum atomic E-state index is 11.3. The fourth-order valence-electron chi connectivity index (χ4n) is 5.49. The van der Waals surface area contributed by atoms with E-state index in [1.807, 2.05) is 24.3 Å². The zero-order valence-electron chi connectivity index (χ0n) is 19.6. The number of aryl methyl sites for hydroxylation is 2. The number of carbonyl (C=O) groups is 1. The first kappa shape index (κ1) is 21.2. The molecule has 0 fully saturated rings. The molecule has 4 rings (SSSR count). The molecule has 0 spiro atoms. The molecule has 2 aliphatic rings. The highest BCUT2D eigenvalue weighted by Crippen LogP contribution is 2.40. The van der Waals surface area contributed by atoms with Crippen molar-refractivity contribution in [2.24, 2.45) is 0 Å². The second kappa shape index (κ2) is 7.59. The van der Waals surface area contributed by atoms with Crippen molar-refractivity contribution < 1.29 is 18.8 Å². The number of allylic oxidation sites excluding steroid dienone is 2. The molecule has 2 aromatic rings. The Bertz CT molecular complexity index is 1180. The van der Waals surface area contributed by atoms with Crippen LogP contribution in [0.3, 0.4) is 0 Å². The van der Waals surface area contributed by atoms with Gasteiger partial charge < -0.3 is 18.4 Å². The summed E-state index contributed by atoms with van der Waals surface area (Å²) in [5.41, 5.74) is 9.64. The summed E-state index contributed by atoms with van der Waals surface area (Å²) in [4.78, 5) is 11.3. The predicted molar refractivity (Wildman–Crippen MR) is 126 cm³/mol. The lowest BCUT2D eigenvalue weighted by molar-refractivity contribution is -0.336. The normalized spacial score (nSPS) is 16.8. The van der Waals surface area contributed by atoms with Gasteiger partial charge >= 0.3 is 12.4 Å². The lowest BCUT2D eigenvalue weighted by atomic mass is 9.48. The maximum Gasteiger partial charge on any atom is 0.372 e. The zero-order valence-corrected chi connectivity index (χ0v) is 19.6. The molecule has 0 saturated carbocycles. The number of para-hydroxylation sites is 1. The molecule has 6 heteroatoms. The summed E-state index contributed by atoms with van der Waals surface area (Å²) in [6.07, 6.45) is 1.27. The van der Waals surface area contributed by atoms with Crippen LogP contribution in [0.25, 0.3) is 5.57 Å². The monoisotopic (exact) mass is 418 g/mol. The topological polar surface area (TPSA) is 43.5 Å². The number of carbonyl (C=O) groups excluding carboxylic acids is 1. The van der Waals surface area contributed by atoms with Gasteiger partial charge in [0.2, 0.25) is 0 Å². The van der Waals surface area contributed by atoms with Crippen molar-refractivity contribution in [2.75, 3.05) is 6.61 Å². The van der Waals surface area contributed by atoms with Crippen molar-refractivity contribution in [1.82, 2.24) is 4.48 Å². The van der Waals surface area contributed by atoms with Crippen LogP contribution in [0.15, 0.2) is 47.7 Å². The Balaban J connectivity index is 1.79. The number of ether oxygens (including phenoxy) is 2. The van der Waals surface area contributed by atoms with Gasteiger partial charge in [0.25, 0.3) is 0 Å². The van der Waals surface area contributed by atoms with Gasteiger partial charge in [-0.15, -0.1) is 13.6 Å². The fourth-order valence-corrected chi connectivity index (χ4v) is 5.49. The lowest BCUT2D eigenvalue weighted by Gasteiger charge is -2.40. The fraction of sp³-hybridized carbons (Fsp3) is 0.360. The predicted octanol–water partition coefficient (Wildman–Crippen LogP) is 4.95. The number of hydrogen-bond donors (Lipinski definition) is 0. The van der Waals surface area contributed by atoms with Crippen LogP contribution in [0, 0.1) is 13.8 Å². The highest BCUT2D eigenvalue weighted by molar-refractivity contribution is 6.69. The Morgan fingerprint density at radius 3 is 2.52 bits per heavy atom. The molecule has 0 unspecified atom stereocenters. The Labute approximate surface area is 184 Å². The van der Waals surface area contributed by atoms with E-state index in [4.69, 9.17) is 9.47 Å². The SMILES string of the molecule is CC(=O)OCc1ccccc1OCC1=C2C(C)=CC(C)=[N+]2[B-](C)(C)n2c(C)cc(C)c21. The molecule has 0 N–H and O–H groups in total. The Hall–Kier alpha value is -3.02. The number of esters is 1. The first-order chi connectivity index (χ1) is 14.6. The largest absolute Gasteiger partial charge is 0.488 e. The molecule has 1 aromatic heterocycles. The summed E-state index contributed by atoms with van der Waals surface area (Å²) in [5.74, 6) is 0.445. The summed E-state index contributed by atoms with van der Waals surface area (Å²) in [6, 6.07) is 10.0.